The van der Waals surface area contributed by atoms with Crippen LogP contribution in [-0.2, 0) is 9.53 Å². The molecule has 0 saturated heterocycles. The standard InChI is InChI=1S/C13H15N3O2/c1-8-11(9-6-4-3-5-7-9)16-12(15-8)10(14)13(17)18-2/h3-7,10H,14H2,1-2H3,(H,15,16)/t10-/m0/s1. The van der Waals surface area contributed by atoms with Gasteiger partial charge < -0.3 is 15.5 Å². The van der Waals surface area contributed by atoms with Crippen LogP contribution in [0.2, 0.25) is 0 Å². The van der Waals surface area contributed by atoms with Crippen molar-refractivity contribution in [1.82, 2.24) is 9.97 Å². The Balaban J connectivity index is 2.36. The monoisotopic (exact) mass is 245 g/mol. The Morgan fingerprint density at radius 3 is 2.67 bits per heavy atom. The Hall–Kier alpha value is -2.14. The van der Waals surface area contributed by atoms with Crippen LogP contribution in [0.5, 0.6) is 0 Å². The fourth-order valence-corrected chi connectivity index (χ4v) is 1.75. The fourth-order valence-electron chi connectivity index (χ4n) is 1.75. The van der Waals surface area contributed by atoms with E-state index in [1.54, 1.807) is 0 Å². The molecule has 18 heavy (non-hydrogen) atoms. The van der Waals surface area contributed by atoms with E-state index in [9.17, 15) is 4.79 Å². The van der Waals surface area contributed by atoms with Gasteiger partial charge >= 0.3 is 5.97 Å². The number of ether oxygens (including phenoxy) is 1. The van der Waals surface area contributed by atoms with Gasteiger partial charge in [-0.25, -0.2) is 9.78 Å². The van der Waals surface area contributed by atoms with Crippen LogP contribution in [0.3, 0.4) is 0 Å². The van der Waals surface area contributed by atoms with Gasteiger partial charge in [-0.1, -0.05) is 30.3 Å². The number of aromatic nitrogens is 2. The Bertz CT molecular complexity index is 549. The van der Waals surface area contributed by atoms with Crippen molar-refractivity contribution in [3.63, 3.8) is 0 Å². The molecule has 0 fully saturated rings. The van der Waals surface area contributed by atoms with Gasteiger partial charge in [-0.2, -0.15) is 0 Å². The SMILES string of the molecule is COC(=O)[C@@H](N)c1nc(-c2ccccc2)c(C)[nH]1. The maximum absolute atomic E-state index is 11.4. The molecule has 1 heterocycles. The minimum absolute atomic E-state index is 0.415. The van der Waals surface area contributed by atoms with Gasteiger partial charge in [-0.05, 0) is 6.92 Å². The lowest BCUT2D eigenvalue weighted by Crippen LogP contribution is -2.23. The molecule has 0 amide bonds. The van der Waals surface area contributed by atoms with Crippen LogP contribution in [0.4, 0.5) is 0 Å². The predicted octanol–water partition coefficient (Wildman–Crippen LogP) is 1.56. The third kappa shape index (κ3) is 2.26. The van der Waals surface area contributed by atoms with Crippen LogP contribution in [0.1, 0.15) is 17.6 Å². The molecule has 0 radical (unpaired) electrons. The number of aryl methyl sites for hydroxylation is 1. The largest absolute Gasteiger partial charge is 0.468 e. The number of hydrogen-bond acceptors (Lipinski definition) is 4. The number of carbonyl (C=O) groups is 1. The van der Waals surface area contributed by atoms with Crippen LogP contribution in [0.25, 0.3) is 11.3 Å². The molecule has 0 bridgehead atoms. The first-order valence-corrected chi connectivity index (χ1v) is 5.59. The van der Waals surface area contributed by atoms with E-state index in [0.29, 0.717) is 5.82 Å². The average molecular weight is 245 g/mol. The summed E-state index contributed by atoms with van der Waals surface area (Å²) in [6, 6.07) is 8.83. The van der Waals surface area contributed by atoms with Gasteiger partial charge in [-0.15, -0.1) is 0 Å². The van der Waals surface area contributed by atoms with Gasteiger partial charge in [0, 0.05) is 11.3 Å². The minimum Gasteiger partial charge on any atom is -0.468 e. The van der Waals surface area contributed by atoms with Crippen molar-refractivity contribution in [3.8, 4) is 11.3 Å². The number of esters is 1. The zero-order valence-corrected chi connectivity index (χ0v) is 10.3. The summed E-state index contributed by atoms with van der Waals surface area (Å²) < 4.78 is 4.60. The third-order valence-corrected chi connectivity index (χ3v) is 2.70. The van der Waals surface area contributed by atoms with E-state index in [2.05, 4.69) is 14.7 Å². The molecule has 0 aliphatic rings. The van der Waals surface area contributed by atoms with Gasteiger partial charge in [0.1, 0.15) is 5.82 Å². The molecule has 3 N–H and O–H groups in total. The lowest BCUT2D eigenvalue weighted by atomic mass is 10.1. The number of hydrogen-bond donors (Lipinski definition) is 2. The molecular weight excluding hydrogens is 230 g/mol. The number of benzene rings is 1. The molecule has 0 saturated carbocycles. The van der Waals surface area contributed by atoms with E-state index in [1.807, 2.05) is 37.3 Å². The molecule has 5 nitrogen and oxygen atoms in total. The summed E-state index contributed by atoms with van der Waals surface area (Å²) in [6.45, 7) is 1.89. The third-order valence-electron chi connectivity index (χ3n) is 2.70. The number of nitrogens with two attached hydrogens (primary N) is 1. The summed E-state index contributed by atoms with van der Waals surface area (Å²) in [4.78, 5) is 18.8. The van der Waals surface area contributed by atoms with Crippen molar-refractivity contribution >= 4 is 5.97 Å². The van der Waals surface area contributed by atoms with Gasteiger partial charge in [-0.3, -0.25) is 0 Å². The molecule has 2 rings (SSSR count). The molecule has 0 aliphatic carbocycles. The van der Waals surface area contributed by atoms with Gasteiger partial charge in [0.15, 0.2) is 6.04 Å². The van der Waals surface area contributed by atoms with E-state index in [-0.39, 0.29) is 0 Å². The second-order valence-corrected chi connectivity index (χ2v) is 3.96. The molecule has 0 aliphatic heterocycles. The highest BCUT2D eigenvalue weighted by molar-refractivity contribution is 5.76. The molecule has 2 aromatic rings. The topological polar surface area (TPSA) is 81.0 Å². The normalized spacial score (nSPS) is 12.2. The fraction of sp³-hybridized carbons (Fsp3) is 0.231. The first-order valence-electron chi connectivity index (χ1n) is 5.59. The lowest BCUT2D eigenvalue weighted by molar-refractivity contribution is -0.142. The summed E-state index contributed by atoms with van der Waals surface area (Å²) in [5.41, 5.74) is 8.39. The van der Waals surface area contributed by atoms with Crippen LogP contribution in [-0.4, -0.2) is 23.0 Å². The highest BCUT2D eigenvalue weighted by Crippen LogP contribution is 2.22. The highest BCUT2D eigenvalue weighted by Gasteiger charge is 2.21. The Labute approximate surface area is 105 Å². The maximum Gasteiger partial charge on any atom is 0.330 e. The van der Waals surface area contributed by atoms with Crippen molar-refractivity contribution < 1.29 is 9.53 Å². The van der Waals surface area contributed by atoms with E-state index in [1.165, 1.54) is 7.11 Å². The number of nitrogens with zero attached hydrogens (tertiary/aromatic N) is 1. The van der Waals surface area contributed by atoms with Crippen molar-refractivity contribution in [1.29, 1.82) is 0 Å². The summed E-state index contributed by atoms with van der Waals surface area (Å²) in [7, 11) is 1.30. The molecule has 1 atom stereocenters. The first-order chi connectivity index (χ1) is 8.63. The minimum atomic E-state index is -0.883. The van der Waals surface area contributed by atoms with E-state index >= 15 is 0 Å². The second-order valence-electron chi connectivity index (χ2n) is 3.96. The molecular formula is C13H15N3O2. The number of methoxy groups -OCH3 is 1. The van der Waals surface area contributed by atoms with Crippen molar-refractivity contribution in [2.24, 2.45) is 5.73 Å². The second kappa shape index (κ2) is 5.01. The van der Waals surface area contributed by atoms with Crippen LogP contribution < -0.4 is 5.73 Å². The van der Waals surface area contributed by atoms with Crippen molar-refractivity contribution in [2.75, 3.05) is 7.11 Å². The summed E-state index contributed by atoms with van der Waals surface area (Å²) in [5.74, 6) is -0.0958. The molecule has 94 valence electrons. The summed E-state index contributed by atoms with van der Waals surface area (Å²) in [6.07, 6.45) is 0. The molecule has 1 aromatic heterocycles. The van der Waals surface area contributed by atoms with Gasteiger partial charge in [0.05, 0.1) is 12.8 Å². The Kier molecular flexibility index (Phi) is 3.43. The molecule has 1 aromatic carbocycles. The summed E-state index contributed by atoms with van der Waals surface area (Å²) in [5, 5.41) is 0. The predicted molar refractivity (Wildman–Crippen MR) is 67.7 cm³/mol. The Morgan fingerprint density at radius 2 is 2.06 bits per heavy atom. The lowest BCUT2D eigenvalue weighted by Gasteiger charge is -2.04. The zero-order chi connectivity index (χ0) is 13.1. The van der Waals surface area contributed by atoms with E-state index < -0.39 is 12.0 Å². The number of carbonyl (C=O) groups excluding carboxylic acids is 1. The number of imidazole rings is 1. The molecule has 0 unspecified atom stereocenters. The quantitative estimate of drug-likeness (QED) is 0.804. The van der Waals surface area contributed by atoms with Crippen molar-refractivity contribution in [2.45, 2.75) is 13.0 Å². The zero-order valence-electron chi connectivity index (χ0n) is 10.3. The van der Waals surface area contributed by atoms with E-state index in [0.717, 1.165) is 17.0 Å². The van der Waals surface area contributed by atoms with Crippen LogP contribution in [0.15, 0.2) is 30.3 Å². The maximum atomic E-state index is 11.4. The summed E-state index contributed by atoms with van der Waals surface area (Å²) >= 11 is 0. The Morgan fingerprint density at radius 1 is 1.39 bits per heavy atom. The molecule has 5 heteroatoms. The number of H-pyrrole nitrogens is 1. The first kappa shape index (κ1) is 12.3. The van der Waals surface area contributed by atoms with Crippen LogP contribution >= 0.6 is 0 Å². The smallest absolute Gasteiger partial charge is 0.330 e. The number of aromatic amines is 1. The highest BCUT2D eigenvalue weighted by atomic mass is 16.5. The van der Waals surface area contributed by atoms with E-state index in [4.69, 9.17) is 5.73 Å². The average Bonchev–Trinajstić information content (AvgIpc) is 2.80. The van der Waals surface area contributed by atoms with Gasteiger partial charge in [0.25, 0.3) is 0 Å². The van der Waals surface area contributed by atoms with Crippen LogP contribution in [0, 0.1) is 6.92 Å². The number of nitrogens with one attached hydrogen (secondary N) is 1. The van der Waals surface area contributed by atoms with Crippen molar-refractivity contribution in [3.05, 3.63) is 41.9 Å². The molecule has 0 spiro atoms. The number of rotatable bonds is 3. The van der Waals surface area contributed by atoms with Gasteiger partial charge in [0.2, 0.25) is 0 Å².